The maximum absolute atomic E-state index is 14.1. The number of aliphatic hydroxyl groups is 2. The van der Waals surface area contributed by atoms with Gasteiger partial charge in [0.2, 0.25) is 11.7 Å². The lowest BCUT2D eigenvalue weighted by Gasteiger charge is -2.44. The van der Waals surface area contributed by atoms with Gasteiger partial charge in [0.05, 0.1) is 54.9 Å². The Morgan fingerprint density at radius 2 is 1.87 bits per heavy atom. The molecule has 1 unspecified atom stereocenters. The number of ketones is 2. The van der Waals surface area contributed by atoms with Crippen molar-refractivity contribution >= 4 is 23.2 Å². The fourth-order valence-corrected chi connectivity index (χ4v) is 8.09. The van der Waals surface area contributed by atoms with Crippen molar-refractivity contribution in [2.24, 2.45) is 11.0 Å². The van der Waals surface area contributed by atoms with Crippen LogP contribution in [0.25, 0.3) is 0 Å². The average Bonchev–Trinajstić information content (AvgIpc) is 3.51. The first-order valence-electron chi connectivity index (χ1n) is 17.3. The molecular formula is C36H43N3O13. The number of aromatic hydroxyl groups is 2. The molecule has 2 aromatic rings. The molecule has 280 valence electrons. The number of methoxy groups -OCH3 is 2. The van der Waals surface area contributed by atoms with Crippen LogP contribution in [0, 0.1) is 5.92 Å². The Bertz CT molecular complexity index is 1830. The standard InChI is InChI=1S/C36H43N3O13/c1-15(2)33(45)38-37-22(14-40)36(46)12-18-25(31(44)27-26(29(18)42)28(41)17-7-6-8-20(47-4)24(17)30(27)43)21(13-36)51-23-11-19-32(16(3)50-23)52-34-35(48-5)49-10-9-39(19)34/h6-8,15-16,19,21,23,32,34-35,40,42,44,46H,9-14H2,1-5H3,(H,38,45)/b37-22+/t16-,19?,21-,23-,32+,34+,35-,36-/m0/s1. The van der Waals surface area contributed by atoms with Gasteiger partial charge in [0.1, 0.15) is 29.0 Å². The minimum atomic E-state index is -2.07. The first-order chi connectivity index (χ1) is 24.8. The number of hydrogen-bond acceptors (Lipinski definition) is 15. The number of hydrogen-bond donors (Lipinski definition) is 5. The number of amides is 1. The van der Waals surface area contributed by atoms with Crippen molar-refractivity contribution in [2.75, 3.05) is 34.0 Å². The number of carbonyl (C=O) groups excluding carboxylic acids is 3. The molecule has 3 saturated heterocycles. The third kappa shape index (κ3) is 5.78. The van der Waals surface area contributed by atoms with Crippen LogP contribution in [0.1, 0.15) is 82.7 Å². The molecule has 16 nitrogen and oxygen atoms in total. The highest BCUT2D eigenvalue weighted by molar-refractivity contribution is 6.31. The molecule has 5 aliphatic rings. The van der Waals surface area contributed by atoms with E-state index in [-0.39, 0.29) is 58.7 Å². The number of fused-ring (bicyclic) bond motifs is 6. The van der Waals surface area contributed by atoms with Crippen molar-refractivity contribution in [1.29, 1.82) is 0 Å². The summed E-state index contributed by atoms with van der Waals surface area (Å²) in [6.07, 6.45) is -4.67. The van der Waals surface area contributed by atoms with Crippen LogP contribution in [0.4, 0.5) is 0 Å². The summed E-state index contributed by atoms with van der Waals surface area (Å²) in [7, 11) is 2.89. The van der Waals surface area contributed by atoms with Crippen molar-refractivity contribution in [3.8, 4) is 17.2 Å². The topological polar surface area (TPSA) is 215 Å². The molecule has 3 fully saturated rings. The van der Waals surface area contributed by atoms with E-state index >= 15 is 0 Å². The zero-order chi connectivity index (χ0) is 37.2. The van der Waals surface area contributed by atoms with Crippen LogP contribution in [0.3, 0.4) is 0 Å². The van der Waals surface area contributed by atoms with Gasteiger partial charge < -0.3 is 48.8 Å². The largest absolute Gasteiger partial charge is 0.507 e. The van der Waals surface area contributed by atoms with Gasteiger partial charge in [0.15, 0.2) is 24.6 Å². The van der Waals surface area contributed by atoms with E-state index in [1.54, 1.807) is 21.0 Å². The Balaban J connectivity index is 1.31. The number of carbonyl (C=O) groups is 3. The summed E-state index contributed by atoms with van der Waals surface area (Å²) >= 11 is 0. The summed E-state index contributed by atoms with van der Waals surface area (Å²) in [5, 5.41) is 50.5. The molecule has 2 aliphatic carbocycles. The van der Waals surface area contributed by atoms with Gasteiger partial charge in [0, 0.05) is 61.6 Å². The van der Waals surface area contributed by atoms with E-state index in [1.165, 1.54) is 25.3 Å². The van der Waals surface area contributed by atoms with Crippen molar-refractivity contribution in [3.63, 3.8) is 0 Å². The number of nitrogens with zero attached hydrogens (tertiary/aromatic N) is 2. The number of phenolic OH excluding ortho intramolecular Hbond substituents is 2. The quantitative estimate of drug-likeness (QED) is 0.126. The Hall–Kier alpha value is -4.00. The molecule has 8 atom stereocenters. The van der Waals surface area contributed by atoms with Crippen LogP contribution in [-0.2, 0) is 34.9 Å². The molecule has 0 bridgehead atoms. The lowest BCUT2D eigenvalue weighted by atomic mass is 9.71. The summed E-state index contributed by atoms with van der Waals surface area (Å²) in [6.45, 7) is 5.32. The maximum Gasteiger partial charge on any atom is 0.242 e. The van der Waals surface area contributed by atoms with E-state index in [4.69, 9.17) is 28.4 Å². The number of benzene rings is 2. The molecule has 0 spiro atoms. The molecule has 16 heteroatoms. The minimum Gasteiger partial charge on any atom is -0.507 e. The number of aliphatic hydroxyl groups excluding tert-OH is 1. The van der Waals surface area contributed by atoms with Crippen molar-refractivity contribution in [1.82, 2.24) is 10.3 Å². The Kier molecular flexibility index (Phi) is 9.63. The number of morpholine rings is 1. The molecule has 5 N–H and O–H groups in total. The minimum absolute atomic E-state index is 0.0329. The third-order valence-electron chi connectivity index (χ3n) is 10.7. The molecule has 3 heterocycles. The average molecular weight is 726 g/mol. The molecule has 3 aliphatic heterocycles. The van der Waals surface area contributed by atoms with Gasteiger partial charge in [0.25, 0.3) is 0 Å². The van der Waals surface area contributed by atoms with E-state index in [9.17, 15) is 34.8 Å². The Labute approximate surface area is 299 Å². The van der Waals surface area contributed by atoms with Gasteiger partial charge in [-0.3, -0.25) is 19.3 Å². The van der Waals surface area contributed by atoms with Gasteiger partial charge in [-0.15, -0.1) is 0 Å². The summed E-state index contributed by atoms with van der Waals surface area (Å²) in [5.74, 6) is -3.55. The summed E-state index contributed by atoms with van der Waals surface area (Å²) in [5.41, 5.74) is -1.07. The van der Waals surface area contributed by atoms with Gasteiger partial charge in [-0.1, -0.05) is 26.0 Å². The molecule has 0 saturated carbocycles. The van der Waals surface area contributed by atoms with Gasteiger partial charge in [-0.25, -0.2) is 5.43 Å². The van der Waals surface area contributed by atoms with Crippen LogP contribution >= 0.6 is 0 Å². The second-order valence-corrected chi connectivity index (χ2v) is 14.0. The highest BCUT2D eigenvalue weighted by Gasteiger charge is 2.55. The number of rotatable bonds is 8. The van der Waals surface area contributed by atoms with Crippen molar-refractivity contribution in [3.05, 3.63) is 51.6 Å². The smallest absolute Gasteiger partial charge is 0.242 e. The molecular weight excluding hydrogens is 682 g/mol. The molecule has 52 heavy (non-hydrogen) atoms. The van der Waals surface area contributed by atoms with Crippen LogP contribution in [0.5, 0.6) is 17.2 Å². The van der Waals surface area contributed by atoms with Crippen LogP contribution in [0.2, 0.25) is 0 Å². The molecule has 1 amide bonds. The highest BCUT2D eigenvalue weighted by atomic mass is 16.7. The summed E-state index contributed by atoms with van der Waals surface area (Å²) < 4.78 is 35.8. The number of ether oxygens (including phenoxy) is 6. The highest BCUT2D eigenvalue weighted by Crippen LogP contribution is 2.53. The van der Waals surface area contributed by atoms with E-state index in [0.717, 1.165) is 0 Å². The predicted octanol–water partition coefficient (Wildman–Crippen LogP) is 1.27. The number of phenols is 2. The monoisotopic (exact) mass is 725 g/mol. The van der Waals surface area contributed by atoms with E-state index in [2.05, 4.69) is 15.4 Å². The number of nitrogens with one attached hydrogen (secondary N) is 1. The second kappa shape index (κ2) is 13.8. The lowest BCUT2D eigenvalue weighted by Crippen LogP contribution is -2.55. The van der Waals surface area contributed by atoms with E-state index in [1.807, 2.05) is 6.92 Å². The lowest BCUT2D eigenvalue weighted by molar-refractivity contribution is -0.255. The van der Waals surface area contributed by atoms with Crippen molar-refractivity contribution < 1.29 is 63.2 Å². The maximum atomic E-state index is 14.1. The zero-order valence-corrected chi connectivity index (χ0v) is 29.5. The third-order valence-corrected chi connectivity index (χ3v) is 10.7. The predicted molar refractivity (Wildman–Crippen MR) is 179 cm³/mol. The number of hydrazone groups is 1. The van der Waals surface area contributed by atoms with Gasteiger partial charge >= 0.3 is 0 Å². The molecule has 7 rings (SSSR count). The Morgan fingerprint density at radius 1 is 1.12 bits per heavy atom. The Morgan fingerprint density at radius 3 is 2.56 bits per heavy atom. The summed E-state index contributed by atoms with van der Waals surface area (Å²) in [6, 6.07) is 4.28. The normalized spacial score (nSPS) is 31.4. The fourth-order valence-electron chi connectivity index (χ4n) is 8.09. The first kappa shape index (κ1) is 36.4. The van der Waals surface area contributed by atoms with Gasteiger partial charge in [-0.2, -0.15) is 5.10 Å². The first-order valence-corrected chi connectivity index (χ1v) is 17.3. The fraction of sp³-hybridized carbons (Fsp3) is 0.556. The van der Waals surface area contributed by atoms with Crippen LogP contribution in [-0.4, -0.2) is 125 Å². The van der Waals surface area contributed by atoms with Crippen molar-refractivity contribution in [2.45, 2.75) is 88.8 Å². The molecule has 0 aromatic heterocycles. The van der Waals surface area contributed by atoms with Gasteiger partial charge in [-0.05, 0) is 13.0 Å². The zero-order valence-electron chi connectivity index (χ0n) is 29.5. The molecule has 0 radical (unpaired) electrons. The van der Waals surface area contributed by atoms with Crippen LogP contribution < -0.4 is 10.2 Å². The van der Waals surface area contributed by atoms with E-state index in [0.29, 0.717) is 13.2 Å². The van der Waals surface area contributed by atoms with E-state index < -0.39 is 95.7 Å². The molecule has 2 aromatic carbocycles. The summed E-state index contributed by atoms with van der Waals surface area (Å²) in [4.78, 5) is 42.5. The second-order valence-electron chi connectivity index (χ2n) is 14.0. The SMILES string of the molecule is COc1cccc2c1C(=O)c1c(O)c3c(c(O)c1C2=O)C[C@@](O)(/C(CO)=N/NC(=O)C(C)C)C[C@@H]3O[C@H]1CC2[C@H](O[C@@H]3[C@@H](OC)OCCN23)[C@H](C)O1. The van der Waals surface area contributed by atoms with Crippen LogP contribution in [0.15, 0.2) is 23.3 Å².